The van der Waals surface area contributed by atoms with Crippen molar-refractivity contribution in [1.82, 2.24) is 0 Å². The van der Waals surface area contributed by atoms with Gasteiger partial charge in [0.05, 0.1) is 10.0 Å². The summed E-state index contributed by atoms with van der Waals surface area (Å²) in [5, 5.41) is 1.25. The van der Waals surface area contributed by atoms with E-state index < -0.39 is 0 Å². The first-order chi connectivity index (χ1) is 10.6. The second-order valence-corrected chi connectivity index (χ2v) is 7.26. The van der Waals surface area contributed by atoms with Crippen molar-refractivity contribution in [1.29, 1.82) is 0 Å². The van der Waals surface area contributed by atoms with Gasteiger partial charge in [0.1, 0.15) is 0 Å². The van der Waals surface area contributed by atoms with Crippen LogP contribution in [0, 0.1) is 0 Å². The Bertz CT molecular complexity index is 474. The quantitative estimate of drug-likeness (QED) is 0.614. The minimum atomic E-state index is 0.112. The predicted molar refractivity (Wildman–Crippen MR) is 94.9 cm³/mol. The van der Waals surface area contributed by atoms with Gasteiger partial charge >= 0.3 is 0 Å². The van der Waals surface area contributed by atoms with E-state index in [0.717, 1.165) is 32.3 Å². The summed E-state index contributed by atoms with van der Waals surface area (Å²) in [5.74, 6) is 0. The largest absolute Gasteiger partial charge is 0.385 e. The van der Waals surface area contributed by atoms with E-state index in [4.69, 9.17) is 33.7 Å². The summed E-state index contributed by atoms with van der Waals surface area (Å²) in [6, 6.07) is 6.23. The van der Waals surface area contributed by atoms with Crippen molar-refractivity contribution in [3.8, 4) is 0 Å². The summed E-state index contributed by atoms with van der Waals surface area (Å²) in [6.07, 6.45) is 9.44. The van der Waals surface area contributed by atoms with Gasteiger partial charge in [0.25, 0.3) is 0 Å². The average Bonchev–Trinajstić information content (AvgIpc) is 2.45. The molecule has 2 rings (SSSR count). The molecule has 2 nitrogen and oxygen atoms in total. The Morgan fingerprint density at radius 1 is 1.14 bits per heavy atom. The van der Waals surface area contributed by atoms with Crippen LogP contribution in [0.2, 0.25) is 10.0 Å². The average molecular weight is 344 g/mol. The third-order valence-corrected chi connectivity index (χ3v) is 5.80. The van der Waals surface area contributed by atoms with Gasteiger partial charge in [-0.1, -0.05) is 55.0 Å². The first-order valence-corrected chi connectivity index (χ1v) is 9.06. The summed E-state index contributed by atoms with van der Waals surface area (Å²) < 4.78 is 5.08. The lowest BCUT2D eigenvalue weighted by Gasteiger charge is -2.47. The molecular formula is C18H27Cl2NO. The molecule has 1 aliphatic carbocycles. The van der Waals surface area contributed by atoms with Crippen molar-refractivity contribution in [2.24, 2.45) is 5.73 Å². The normalized spacial score (nSPS) is 18.0. The lowest BCUT2D eigenvalue weighted by molar-refractivity contribution is 0.182. The maximum Gasteiger partial charge on any atom is 0.0595 e. The molecule has 0 heterocycles. The maximum absolute atomic E-state index is 6.57. The fraction of sp³-hybridized carbons (Fsp3) is 0.667. The molecule has 0 radical (unpaired) electrons. The van der Waals surface area contributed by atoms with Crippen LogP contribution < -0.4 is 5.73 Å². The number of unbranched alkanes of at least 4 members (excludes halogenated alkanes) is 3. The van der Waals surface area contributed by atoms with Crippen LogP contribution in [-0.4, -0.2) is 19.8 Å². The zero-order valence-electron chi connectivity index (χ0n) is 13.4. The molecular weight excluding hydrogens is 317 g/mol. The molecule has 0 aromatic heterocycles. The Morgan fingerprint density at radius 3 is 2.45 bits per heavy atom. The minimum Gasteiger partial charge on any atom is -0.385 e. The molecule has 1 aromatic carbocycles. The molecule has 0 bridgehead atoms. The number of halogens is 2. The molecule has 1 fully saturated rings. The molecule has 1 aliphatic rings. The summed E-state index contributed by atoms with van der Waals surface area (Å²) >= 11 is 12.2. The Labute approximate surface area is 144 Å². The number of ether oxygens (including phenoxy) is 1. The standard InChI is InChI=1S/C18H27Cl2NO/c1-22-12-5-3-2-4-7-17(21)18(10-6-11-18)14-8-9-15(19)16(20)13-14/h8-9,13,17H,2-7,10-12,21H2,1H3. The molecule has 0 aliphatic heterocycles. The van der Waals surface area contributed by atoms with E-state index >= 15 is 0 Å². The van der Waals surface area contributed by atoms with E-state index in [1.54, 1.807) is 7.11 Å². The van der Waals surface area contributed by atoms with E-state index in [2.05, 4.69) is 6.07 Å². The van der Waals surface area contributed by atoms with Crippen molar-refractivity contribution in [2.45, 2.75) is 62.8 Å². The lowest BCUT2D eigenvalue weighted by atomic mass is 9.59. The number of methoxy groups -OCH3 is 1. The molecule has 2 N–H and O–H groups in total. The van der Waals surface area contributed by atoms with Gasteiger partial charge in [-0.3, -0.25) is 0 Å². The van der Waals surface area contributed by atoms with Crippen molar-refractivity contribution in [2.75, 3.05) is 13.7 Å². The fourth-order valence-corrected chi connectivity index (χ4v) is 3.78. The van der Waals surface area contributed by atoms with Gasteiger partial charge in [0, 0.05) is 25.2 Å². The number of benzene rings is 1. The molecule has 0 saturated heterocycles. The van der Waals surface area contributed by atoms with Gasteiger partial charge in [0.15, 0.2) is 0 Å². The van der Waals surface area contributed by atoms with Gasteiger partial charge < -0.3 is 10.5 Å². The van der Waals surface area contributed by atoms with Crippen molar-refractivity contribution < 1.29 is 4.74 Å². The van der Waals surface area contributed by atoms with Crippen LogP contribution in [0.1, 0.15) is 56.9 Å². The zero-order valence-corrected chi connectivity index (χ0v) is 14.9. The SMILES string of the molecule is COCCCCCCC(N)C1(c2ccc(Cl)c(Cl)c2)CCC1. The molecule has 1 atom stereocenters. The second kappa shape index (κ2) is 8.54. The molecule has 22 heavy (non-hydrogen) atoms. The molecule has 1 aromatic rings. The van der Waals surface area contributed by atoms with E-state index in [0.29, 0.717) is 10.0 Å². The van der Waals surface area contributed by atoms with Crippen molar-refractivity contribution >= 4 is 23.2 Å². The topological polar surface area (TPSA) is 35.2 Å². The summed E-state index contributed by atoms with van der Waals surface area (Å²) in [7, 11) is 1.76. The summed E-state index contributed by atoms with van der Waals surface area (Å²) in [5.41, 5.74) is 7.95. The van der Waals surface area contributed by atoms with Crippen LogP contribution in [0.3, 0.4) is 0 Å². The number of nitrogens with two attached hydrogens (primary N) is 1. The second-order valence-electron chi connectivity index (χ2n) is 6.44. The predicted octanol–water partition coefficient (Wildman–Crippen LogP) is 5.34. The summed E-state index contributed by atoms with van der Waals surface area (Å²) in [6.45, 7) is 0.860. The molecule has 0 amide bonds. The van der Waals surface area contributed by atoms with Crippen LogP contribution >= 0.6 is 23.2 Å². The highest BCUT2D eigenvalue weighted by Gasteiger charge is 2.43. The van der Waals surface area contributed by atoms with E-state index in [1.165, 1.54) is 31.2 Å². The Kier molecular flexibility index (Phi) is 7.01. The van der Waals surface area contributed by atoms with Crippen LogP contribution in [0.4, 0.5) is 0 Å². The highest BCUT2D eigenvalue weighted by atomic mass is 35.5. The third kappa shape index (κ3) is 4.17. The molecule has 0 spiro atoms. The van der Waals surface area contributed by atoms with E-state index in [-0.39, 0.29) is 11.5 Å². The Balaban J connectivity index is 1.90. The molecule has 1 unspecified atom stereocenters. The van der Waals surface area contributed by atoms with Gasteiger partial charge in [-0.15, -0.1) is 0 Å². The van der Waals surface area contributed by atoms with Crippen LogP contribution in [0.15, 0.2) is 18.2 Å². The molecule has 124 valence electrons. The van der Waals surface area contributed by atoms with E-state index in [1.807, 2.05) is 12.1 Å². The number of hydrogen-bond acceptors (Lipinski definition) is 2. The van der Waals surface area contributed by atoms with Crippen LogP contribution in [-0.2, 0) is 10.2 Å². The van der Waals surface area contributed by atoms with Crippen molar-refractivity contribution in [3.05, 3.63) is 33.8 Å². The summed E-state index contributed by atoms with van der Waals surface area (Å²) in [4.78, 5) is 0. The zero-order chi connectivity index (χ0) is 16.0. The first-order valence-electron chi connectivity index (χ1n) is 8.30. The number of hydrogen-bond donors (Lipinski definition) is 1. The van der Waals surface area contributed by atoms with Crippen molar-refractivity contribution in [3.63, 3.8) is 0 Å². The third-order valence-electron chi connectivity index (χ3n) is 5.06. The monoisotopic (exact) mass is 343 g/mol. The lowest BCUT2D eigenvalue weighted by Crippen LogP contribution is -2.50. The van der Waals surface area contributed by atoms with Crippen LogP contribution in [0.5, 0.6) is 0 Å². The van der Waals surface area contributed by atoms with Crippen LogP contribution in [0.25, 0.3) is 0 Å². The first kappa shape index (κ1) is 18.1. The van der Waals surface area contributed by atoms with Gasteiger partial charge in [-0.2, -0.15) is 0 Å². The number of rotatable bonds is 9. The molecule has 4 heteroatoms. The highest BCUT2D eigenvalue weighted by Crippen LogP contribution is 2.48. The Morgan fingerprint density at radius 2 is 1.86 bits per heavy atom. The minimum absolute atomic E-state index is 0.112. The van der Waals surface area contributed by atoms with Gasteiger partial charge in [-0.05, 0) is 43.4 Å². The van der Waals surface area contributed by atoms with Gasteiger partial charge in [0.2, 0.25) is 0 Å². The Hall–Kier alpha value is -0.280. The maximum atomic E-state index is 6.57. The highest BCUT2D eigenvalue weighted by molar-refractivity contribution is 6.42. The van der Waals surface area contributed by atoms with Gasteiger partial charge in [-0.25, -0.2) is 0 Å². The van der Waals surface area contributed by atoms with E-state index in [9.17, 15) is 0 Å². The molecule has 1 saturated carbocycles. The fourth-order valence-electron chi connectivity index (χ4n) is 3.48. The smallest absolute Gasteiger partial charge is 0.0595 e.